The topological polar surface area (TPSA) is 39.1 Å². The van der Waals surface area contributed by atoms with Crippen molar-refractivity contribution in [3.05, 3.63) is 194 Å². The van der Waals surface area contributed by atoms with Gasteiger partial charge in [-0.25, -0.2) is 4.98 Å². The minimum atomic E-state index is -0.566. The van der Waals surface area contributed by atoms with Crippen molar-refractivity contribution in [2.45, 2.75) is 0 Å². The quantitative estimate of drug-likeness (QED) is 0.115. The maximum Gasteiger partial charge on any atom is 0.269 e. The zero-order valence-corrected chi connectivity index (χ0v) is 30.3. The molecule has 0 aliphatic heterocycles. The molecule has 0 saturated carbocycles. The van der Waals surface area contributed by atoms with Crippen molar-refractivity contribution in [2.24, 2.45) is 0 Å². The summed E-state index contributed by atoms with van der Waals surface area (Å²) < 4.78 is 98.8. The first-order chi connectivity index (χ1) is 31.7. The van der Waals surface area contributed by atoms with Gasteiger partial charge in [0, 0.05) is 48.9 Å². The molecule has 0 N–H and O–H groups in total. The van der Waals surface area contributed by atoms with E-state index >= 15 is 0 Å². The van der Waals surface area contributed by atoms with E-state index < -0.39 is 60.4 Å². The maximum absolute atomic E-state index is 8.98. The van der Waals surface area contributed by atoms with Gasteiger partial charge in [0.2, 0.25) is 0 Å². The first-order valence-corrected chi connectivity index (χ1v) is 17.9. The molecule has 0 fully saturated rings. The Morgan fingerprint density at radius 3 is 2.04 bits per heavy atom. The van der Waals surface area contributed by atoms with Crippen LogP contribution in [0, 0.1) is 6.33 Å². The minimum Gasteiger partial charge on any atom is -0.458 e. The van der Waals surface area contributed by atoms with E-state index in [0.29, 0.717) is 28.2 Å². The number of hydrogen-bond donors (Lipinski definition) is 0. The maximum atomic E-state index is 8.98. The van der Waals surface area contributed by atoms with Crippen molar-refractivity contribution in [3.8, 4) is 50.9 Å². The van der Waals surface area contributed by atoms with Gasteiger partial charge in [-0.2, -0.15) is 0 Å². The molecule has 0 spiro atoms. The molecule has 0 amide bonds. The van der Waals surface area contributed by atoms with Crippen LogP contribution in [0.4, 0.5) is 5.69 Å². The largest absolute Gasteiger partial charge is 0.458 e. The first kappa shape index (κ1) is 24.1. The number of ether oxygens (including phenoxy) is 1. The van der Waals surface area contributed by atoms with Crippen molar-refractivity contribution in [1.82, 2.24) is 14.1 Å². The molecular weight excluding hydrogens is 687 g/mol. The van der Waals surface area contributed by atoms with Gasteiger partial charge in [0.1, 0.15) is 17.3 Å². The number of benzene rings is 7. The van der Waals surface area contributed by atoms with E-state index in [-0.39, 0.29) is 27.9 Å². The molecule has 56 heavy (non-hydrogen) atoms. The van der Waals surface area contributed by atoms with Crippen LogP contribution in [-0.2, 0) is 0 Å². The molecule has 0 bridgehead atoms. The number of para-hydroxylation sites is 4. The van der Waals surface area contributed by atoms with Crippen LogP contribution in [0.2, 0.25) is 0 Å². The van der Waals surface area contributed by atoms with Gasteiger partial charge in [0.05, 0.1) is 47.1 Å². The summed E-state index contributed by atoms with van der Waals surface area (Å²) in [5.74, 6) is 1.86. The van der Waals surface area contributed by atoms with Gasteiger partial charge in [-0.3, -0.25) is 13.7 Å². The van der Waals surface area contributed by atoms with Gasteiger partial charge in [-0.15, -0.1) is 0 Å². The molecule has 3 aromatic heterocycles. The summed E-state index contributed by atoms with van der Waals surface area (Å²) in [6.45, 7) is 0. The summed E-state index contributed by atoms with van der Waals surface area (Å²) in [7, 11) is 3.98. The molecule has 6 heteroatoms. The van der Waals surface area contributed by atoms with Crippen LogP contribution in [0.15, 0.2) is 188 Å². The van der Waals surface area contributed by atoms with Crippen LogP contribution < -0.4 is 14.2 Å². The molecule has 10 aromatic rings. The van der Waals surface area contributed by atoms with Crippen molar-refractivity contribution < 1.29 is 23.0 Å². The number of hydrogen-bond acceptors (Lipinski definition) is 3. The Morgan fingerprint density at radius 1 is 0.625 bits per heavy atom. The van der Waals surface area contributed by atoms with Crippen LogP contribution >= 0.6 is 0 Å². The molecule has 3 heterocycles. The van der Waals surface area contributed by atoms with Gasteiger partial charge >= 0.3 is 0 Å². The summed E-state index contributed by atoms with van der Waals surface area (Å²) in [5.41, 5.74) is 5.01. The summed E-state index contributed by atoms with van der Waals surface area (Å²) >= 11 is 0. The summed E-state index contributed by atoms with van der Waals surface area (Å²) in [6, 6.07) is 32.5. The Kier molecular flexibility index (Phi) is 5.91. The zero-order valence-electron chi connectivity index (χ0n) is 40.3. The Bertz CT molecular complexity index is 3490. The lowest BCUT2D eigenvalue weighted by atomic mass is 9.95. The van der Waals surface area contributed by atoms with Crippen molar-refractivity contribution in [1.29, 1.82) is 0 Å². The Balaban J connectivity index is 1.15. The third kappa shape index (κ3) is 5.76. The predicted molar refractivity (Wildman–Crippen MR) is 227 cm³/mol. The van der Waals surface area contributed by atoms with E-state index in [2.05, 4.69) is 23.0 Å². The van der Waals surface area contributed by atoms with Crippen molar-refractivity contribution in [2.75, 3.05) is 19.0 Å². The molecular formula is C50H37N5O. The second-order valence-corrected chi connectivity index (χ2v) is 13.4. The molecule has 7 aromatic carbocycles. The lowest BCUT2D eigenvalue weighted by Crippen LogP contribution is -2.31. The van der Waals surface area contributed by atoms with Crippen LogP contribution in [0.3, 0.4) is 0 Å². The summed E-state index contributed by atoms with van der Waals surface area (Å²) in [5, 5.41) is 2.11. The van der Waals surface area contributed by atoms with Crippen LogP contribution in [0.25, 0.3) is 72.3 Å². The highest BCUT2D eigenvalue weighted by atomic mass is 16.5. The van der Waals surface area contributed by atoms with Gasteiger partial charge in [-0.05, 0) is 64.7 Å². The second-order valence-electron chi connectivity index (χ2n) is 13.4. The lowest BCUT2D eigenvalue weighted by molar-refractivity contribution is -0.571. The van der Waals surface area contributed by atoms with E-state index in [1.807, 2.05) is 110 Å². The average molecular weight is 734 g/mol. The van der Waals surface area contributed by atoms with Gasteiger partial charge < -0.3 is 9.64 Å². The minimum absolute atomic E-state index is 0.129. The third-order valence-electron chi connectivity index (χ3n) is 9.79. The van der Waals surface area contributed by atoms with Gasteiger partial charge in [0.25, 0.3) is 6.33 Å². The van der Waals surface area contributed by atoms with Crippen molar-refractivity contribution in [3.63, 3.8) is 0 Å². The normalized spacial score (nSPS) is 13.9. The van der Waals surface area contributed by atoms with E-state index in [1.165, 1.54) is 0 Å². The number of nitrogens with zero attached hydrogens (tertiary/aromatic N) is 5. The summed E-state index contributed by atoms with van der Waals surface area (Å²) in [6.07, 6.45) is 5.23. The standard InChI is InChI=1S/C50H37N5O/c1-52(2)37-29-30-51-49(32-37)55-45-24-10-9-21-43(45)44-28-27-40(33-48(44)55)56-39-20-13-19-38(31-39)53-34-54(47-26-12-11-25-46(47)53)50-41(35-15-5-3-6-16-35)22-14-23-42(50)36-17-7-4-8-18-36/h3-33H,1-2H3/i3D,4D,5D,6D,7D,8D,15D,16D,17D,18D. The Morgan fingerprint density at radius 2 is 1.29 bits per heavy atom. The number of imidazole rings is 1. The molecule has 0 radical (unpaired) electrons. The highest BCUT2D eigenvalue weighted by molar-refractivity contribution is 6.09. The molecule has 0 aliphatic rings. The van der Waals surface area contributed by atoms with E-state index in [9.17, 15) is 0 Å². The van der Waals surface area contributed by atoms with E-state index in [0.717, 1.165) is 33.3 Å². The Labute approximate surface area is 339 Å². The molecule has 0 aliphatic carbocycles. The SMILES string of the molecule is [2H]c1c([2H])c([2H])c(-c2cccc(-c3c([2H])c([2H])c([2H])c([2H])c3[2H])c2-[n+]2[c-]n(-c3cccc(Oc4ccc5c6ccccc6n(-c6cc(N(C)C)ccn6)c5c4)c3)c3ccccc32)c([2H])c1[2H]. The molecule has 10 rings (SSSR count). The highest BCUT2D eigenvalue weighted by Gasteiger charge is 2.20. The van der Waals surface area contributed by atoms with E-state index in [4.69, 9.17) is 23.4 Å². The number of rotatable bonds is 8. The highest BCUT2D eigenvalue weighted by Crippen LogP contribution is 2.37. The molecule has 268 valence electrons. The molecule has 0 unspecified atom stereocenters. The first-order valence-electron chi connectivity index (χ1n) is 22.9. The lowest BCUT2D eigenvalue weighted by Gasteiger charge is -2.17. The Hall–Kier alpha value is -7.44. The van der Waals surface area contributed by atoms with Gasteiger partial charge in [0.15, 0.2) is 0 Å². The van der Waals surface area contributed by atoms with Crippen LogP contribution in [0.1, 0.15) is 13.7 Å². The molecule has 6 nitrogen and oxygen atoms in total. The number of aromatic nitrogens is 4. The van der Waals surface area contributed by atoms with Crippen LogP contribution in [-0.4, -0.2) is 28.2 Å². The fourth-order valence-corrected chi connectivity index (χ4v) is 7.27. The third-order valence-corrected chi connectivity index (χ3v) is 9.79. The molecule has 0 saturated heterocycles. The second kappa shape index (κ2) is 13.8. The zero-order chi connectivity index (χ0) is 46.3. The van der Waals surface area contributed by atoms with E-state index in [1.54, 1.807) is 33.5 Å². The number of pyridine rings is 1. The van der Waals surface area contributed by atoms with Gasteiger partial charge in [-0.1, -0.05) is 127 Å². The summed E-state index contributed by atoms with van der Waals surface area (Å²) in [4.78, 5) is 6.79. The fourth-order valence-electron chi connectivity index (χ4n) is 7.27. The number of fused-ring (bicyclic) bond motifs is 4. The molecule has 0 atom stereocenters. The van der Waals surface area contributed by atoms with Crippen molar-refractivity contribution >= 4 is 38.5 Å². The average Bonchev–Trinajstić information content (AvgIpc) is 3.88. The monoisotopic (exact) mass is 733 g/mol. The predicted octanol–water partition coefficient (Wildman–Crippen LogP) is 11.4. The van der Waals surface area contributed by atoms with Crippen LogP contribution in [0.5, 0.6) is 11.5 Å². The fraction of sp³-hybridized carbons (Fsp3) is 0.0400. The smallest absolute Gasteiger partial charge is 0.269 e. The number of anilines is 1.